The first-order chi connectivity index (χ1) is 10.8. The molecule has 7 heteroatoms. The molecule has 2 heterocycles. The van der Waals surface area contributed by atoms with E-state index in [9.17, 15) is 9.18 Å². The molecule has 6 nitrogen and oxygen atoms in total. The molecule has 0 aliphatic rings. The lowest BCUT2D eigenvalue weighted by Crippen LogP contribution is -2.12. The molecule has 0 saturated carbocycles. The molecular weight excluding hydrogens is 287 g/mol. The zero-order valence-electron chi connectivity index (χ0n) is 11.5. The van der Waals surface area contributed by atoms with E-state index >= 15 is 0 Å². The number of nitrogens with zero attached hydrogens (tertiary/aromatic N) is 2. The van der Waals surface area contributed by atoms with Crippen LogP contribution in [0.2, 0.25) is 0 Å². The molecule has 22 heavy (non-hydrogen) atoms. The van der Waals surface area contributed by atoms with Gasteiger partial charge in [-0.25, -0.2) is 14.4 Å². The van der Waals surface area contributed by atoms with Crippen LogP contribution in [0.3, 0.4) is 0 Å². The van der Waals surface area contributed by atoms with E-state index in [0.717, 1.165) is 5.56 Å². The topological polar surface area (TPSA) is 79.9 Å². The van der Waals surface area contributed by atoms with E-state index < -0.39 is 12.6 Å². The number of carbonyl (C=O) groups excluding carboxylic acids is 1. The first-order valence-electron chi connectivity index (χ1n) is 6.62. The van der Waals surface area contributed by atoms with Gasteiger partial charge in [-0.15, -0.1) is 0 Å². The van der Waals surface area contributed by atoms with Gasteiger partial charge in [-0.05, 0) is 5.56 Å². The van der Waals surface area contributed by atoms with Gasteiger partial charge >= 0.3 is 0 Å². The van der Waals surface area contributed by atoms with Gasteiger partial charge < -0.3 is 15.0 Å². The van der Waals surface area contributed by atoms with Crippen LogP contribution in [0.5, 0.6) is 5.88 Å². The maximum atomic E-state index is 12.4. The molecule has 0 fully saturated rings. The third-order valence-corrected chi connectivity index (χ3v) is 3.05. The SMILES string of the molecule is O=C(CF)Nc1c[nH]c2ncnc(OCc3ccccc3)c12. The average molecular weight is 300 g/mol. The van der Waals surface area contributed by atoms with E-state index in [-0.39, 0.29) is 0 Å². The number of alkyl halides is 1. The van der Waals surface area contributed by atoms with E-state index in [4.69, 9.17) is 4.74 Å². The van der Waals surface area contributed by atoms with Crippen molar-refractivity contribution in [3.05, 3.63) is 48.4 Å². The minimum atomic E-state index is -1.10. The van der Waals surface area contributed by atoms with Crippen LogP contribution in [0.15, 0.2) is 42.9 Å². The summed E-state index contributed by atoms with van der Waals surface area (Å²) in [7, 11) is 0. The Morgan fingerprint density at radius 3 is 2.86 bits per heavy atom. The highest BCUT2D eigenvalue weighted by Crippen LogP contribution is 2.29. The number of anilines is 1. The molecule has 0 saturated heterocycles. The van der Waals surface area contributed by atoms with Crippen molar-refractivity contribution in [1.29, 1.82) is 0 Å². The fourth-order valence-corrected chi connectivity index (χ4v) is 2.05. The Balaban J connectivity index is 1.88. The molecule has 0 unspecified atom stereocenters. The lowest BCUT2D eigenvalue weighted by molar-refractivity contribution is -0.117. The Hall–Kier alpha value is -2.96. The minimum Gasteiger partial charge on any atom is -0.472 e. The zero-order chi connectivity index (χ0) is 15.4. The smallest absolute Gasteiger partial charge is 0.255 e. The Bertz CT molecular complexity index is 789. The summed E-state index contributed by atoms with van der Waals surface area (Å²) >= 11 is 0. The lowest BCUT2D eigenvalue weighted by Gasteiger charge is -2.07. The molecule has 0 spiro atoms. The summed E-state index contributed by atoms with van der Waals surface area (Å²) in [4.78, 5) is 22.3. The average Bonchev–Trinajstić information content (AvgIpc) is 2.97. The van der Waals surface area contributed by atoms with Gasteiger partial charge in [0.1, 0.15) is 24.0 Å². The van der Waals surface area contributed by atoms with E-state index in [1.165, 1.54) is 12.5 Å². The van der Waals surface area contributed by atoms with E-state index in [1.54, 1.807) is 0 Å². The maximum Gasteiger partial charge on any atom is 0.255 e. The number of halogens is 1. The van der Waals surface area contributed by atoms with Crippen LogP contribution in [0.1, 0.15) is 5.56 Å². The van der Waals surface area contributed by atoms with Crippen molar-refractivity contribution in [2.24, 2.45) is 0 Å². The molecule has 0 aliphatic heterocycles. The Kier molecular flexibility index (Phi) is 3.95. The number of ether oxygens (including phenoxy) is 1. The standard InChI is InChI=1S/C15H13FN4O2/c16-6-12(21)20-11-7-17-14-13(11)15(19-9-18-14)22-8-10-4-2-1-3-5-10/h1-5,7,9H,6,8H2,(H,20,21)(H,17,18,19). The molecule has 2 aromatic heterocycles. The highest BCUT2D eigenvalue weighted by Gasteiger charge is 2.14. The second-order valence-corrected chi connectivity index (χ2v) is 4.56. The summed E-state index contributed by atoms with van der Waals surface area (Å²) in [5, 5.41) is 2.96. The molecule has 0 bridgehead atoms. The van der Waals surface area contributed by atoms with Gasteiger partial charge in [-0.2, -0.15) is 0 Å². The van der Waals surface area contributed by atoms with Gasteiger partial charge in [0, 0.05) is 6.20 Å². The number of fused-ring (bicyclic) bond motifs is 1. The number of rotatable bonds is 5. The molecule has 3 rings (SSSR count). The normalized spacial score (nSPS) is 10.6. The summed E-state index contributed by atoms with van der Waals surface area (Å²) in [6, 6.07) is 9.61. The van der Waals surface area contributed by atoms with Crippen LogP contribution in [-0.4, -0.2) is 27.5 Å². The van der Waals surface area contributed by atoms with E-state index in [0.29, 0.717) is 29.2 Å². The number of hydrogen-bond donors (Lipinski definition) is 2. The van der Waals surface area contributed by atoms with Gasteiger partial charge in [0.15, 0.2) is 6.67 Å². The van der Waals surface area contributed by atoms with Crippen LogP contribution in [-0.2, 0) is 11.4 Å². The lowest BCUT2D eigenvalue weighted by atomic mass is 10.2. The second-order valence-electron chi connectivity index (χ2n) is 4.56. The number of hydrogen-bond acceptors (Lipinski definition) is 4. The molecular formula is C15H13FN4O2. The Morgan fingerprint density at radius 2 is 2.09 bits per heavy atom. The Morgan fingerprint density at radius 1 is 1.27 bits per heavy atom. The highest BCUT2D eigenvalue weighted by molar-refractivity contribution is 6.02. The monoisotopic (exact) mass is 300 g/mol. The van der Waals surface area contributed by atoms with Gasteiger partial charge in [0.25, 0.3) is 5.91 Å². The van der Waals surface area contributed by atoms with Crippen molar-refractivity contribution in [1.82, 2.24) is 15.0 Å². The van der Waals surface area contributed by atoms with Gasteiger partial charge in [0.2, 0.25) is 5.88 Å². The molecule has 3 aromatic rings. The predicted molar refractivity (Wildman–Crippen MR) is 79.3 cm³/mol. The molecule has 1 aromatic carbocycles. The summed E-state index contributed by atoms with van der Waals surface area (Å²) in [5.41, 5.74) is 1.88. The second kappa shape index (κ2) is 6.21. The fraction of sp³-hybridized carbons (Fsp3) is 0.133. The van der Waals surface area contributed by atoms with Crippen LogP contribution in [0.25, 0.3) is 11.0 Å². The first-order valence-corrected chi connectivity index (χ1v) is 6.62. The van der Waals surface area contributed by atoms with Crippen LogP contribution < -0.4 is 10.1 Å². The van der Waals surface area contributed by atoms with E-state index in [2.05, 4.69) is 20.3 Å². The third-order valence-electron chi connectivity index (χ3n) is 3.05. The predicted octanol–water partition coefficient (Wildman–Crippen LogP) is 2.44. The van der Waals surface area contributed by atoms with Gasteiger partial charge in [-0.1, -0.05) is 30.3 Å². The molecule has 0 radical (unpaired) electrons. The third kappa shape index (κ3) is 2.88. The molecule has 112 valence electrons. The number of H-pyrrole nitrogens is 1. The summed E-state index contributed by atoms with van der Waals surface area (Å²) in [5.74, 6) is -0.414. The van der Waals surface area contributed by atoms with Crippen LogP contribution in [0.4, 0.5) is 10.1 Å². The van der Waals surface area contributed by atoms with Crippen molar-refractivity contribution in [2.45, 2.75) is 6.61 Å². The zero-order valence-corrected chi connectivity index (χ0v) is 11.5. The Labute approximate surface area is 125 Å². The number of carbonyl (C=O) groups is 1. The molecule has 0 aliphatic carbocycles. The van der Waals surface area contributed by atoms with Crippen molar-refractivity contribution in [2.75, 3.05) is 12.0 Å². The number of benzene rings is 1. The summed E-state index contributed by atoms with van der Waals surface area (Å²) in [6.07, 6.45) is 2.89. The molecule has 0 atom stereocenters. The molecule has 2 N–H and O–H groups in total. The number of aromatic nitrogens is 3. The number of amides is 1. The number of aromatic amines is 1. The highest BCUT2D eigenvalue weighted by atomic mass is 19.1. The molecule has 1 amide bonds. The number of nitrogens with one attached hydrogen (secondary N) is 2. The van der Waals surface area contributed by atoms with Gasteiger partial charge in [-0.3, -0.25) is 4.79 Å². The van der Waals surface area contributed by atoms with Crippen molar-refractivity contribution in [3.8, 4) is 5.88 Å². The fourth-order valence-electron chi connectivity index (χ4n) is 2.05. The summed E-state index contributed by atoms with van der Waals surface area (Å²) < 4.78 is 18.1. The first kappa shape index (κ1) is 14.0. The van der Waals surface area contributed by atoms with E-state index in [1.807, 2.05) is 30.3 Å². The van der Waals surface area contributed by atoms with Gasteiger partial charge in [0.05, 0.1) is 5.69 Å². The summed E-state index contributed by atoms with van der Waals surface area (Å²) in [6.45, 7) is -0.769. The van der Waals surface area contributed by atoms with Crippen molar-refractivity contribution >= 4 is 22.6 Å². The van der Waals surface area contributed by atoms with Crippen LogP contribution in [0, 0.1) is 0 Å². The maximum absolute atomic E-state index is 12.4. The van der Waals surface area contributed by atoms with Crippen molar-refractivity contribution in [3.63, 3.8) is 0 Å². The van der Waals surface area contributed by atoms with Crippen LogP contribution >= 0.6 is 0 Å². The minimum absolute atomic E-state index is 0.323. The largest absolute Gasteiger partial charge is 0.472 e. The van der Waals surface area contributed by atoms with Crippen molar-refractivity contribution < 1.29 is 13.9 Å². The quantitative estimate of drug-likeness (QED) is 0.758.